The number of rotatable bonds is 4. The minimum atomic E-state index is -0.363. The van der Waals surface area contributed by atoms with Crippen molar-refractivity contribution >= 4 is 11.6 Å². The second-order valence-electron chi connectivity index (χ2n) is 4.63. The molecule has 0 saturated carbocycles. The summed E-state index contributed by atoms with van der Waals surface area (Å²) < 4.78 is 10.5. The van der Waals surface area contributed by atoms with Crippen LogP contribution in [-0.2, 0) is 0 Å². The lowest BCUT2D eigenvalue weighted by atomic mass is 10.1. The molecule has 1 amide bonds. The minimum absolute atomic E-state index is 0.345. The number of amides is 1. The van der Waals surface area contributed by atoms with Crippen molar-refractivity contribution in [2.75, 3.05) is 19.5 Å². The summed E-state index contributed by atoms with van der Waals surface area (Å²) in [6, 6.07) is 12.2. The van der Waals surface area contributed by atoms with Crippen molar-refractivity contribution in [3.63, 3.8) is 0 Å². The lowest BCUT2D eigenvalue weighted by molar-refractivity contribution is 0.102. The highest BCUT2D eigenvalue weighted by Crippen LogP contribution is 2.29. The Bertz CT molecular complexity index is 748. The average Bonchev–Trinajstić information content (AvgIpc) is 2.54. The molecular weight excluding hydrogens is 280 g/mol. The van der Waals surface area contributed by atoms with Crippen molar-refractivity contribution in [3.05, 3.63) is 53.1 Å². The van der Waals surface area contributed by atoms with E-state index in [9.17, 15) is 4.79 Å². The first-order valence-electron chi connectivity index (χ1n) is 6.63. The standard InChI is InChI=1S/C17H16N2O3/c1-11-8-16(22-3)13(9-15(11)21-2)17(20)19-14-7-5-4-6-12(14)10-18/h4-9H,1-3H3,(H,19,20). The number of aryl methyl sites for hydroxylation is 1. The molecule has 112 valence electrons. The maximum atomic E-state index is 12.5. The number of nitriles is 1. The topological polar surface area (TPSA) is 71.3 Å². The Kier molecular flexibility index (Phi) is 4.64. The summed E-state index contributed by atoms with van der Waals surface area (Å²) in [7, 11) is 3.04. The van der Waals surface area contributed by atoms with Crippen LogP contribution in [0.15, 0.2) is 36.4 Å². The summed E-state index contributed by atoms with van der Waals surface area (Å²) in [4.78, 5) is 12.5. The fraction of sp³-hybridized carbons (Fsp3) is 0.176. The Labute approximate surface area is 129 Å². The predicted octanol–water partition coefficient (Wildman–Crippen LogP) is 3.14. The molecular formula is C17H16N2O3. The first-order chi connectivity index (χ1) is 10.6. The summed E-state index contributed by atoms with van der Waals surface area (Å²) >= 11 is 0. The highest BCUT2D eigenvalue weighted by atomic mass is 16.5. The molecule has 5 nitrogen and oxygen atoms in total. The highest BCUT2D eigenvalue weighted by molar-refractivity contribution is 6.07. The molecule has 0 bridgehead atoms. The number of methoxy groups -OCH3 is 2. The van der Waals surface area contributed by atoms with Gasteiger partial charge in [-0.3, -0.25) is 4.79 Å². The van der Waals surface area contributed by atoms with E-state index in [1.807, 2.05) is 13.0 Å². The summed E-state index contributed by atoms with van der Waals surface area (Å²) in [5, 5.41) is 11.8. The number of carbonyl (C=O) groups is 1. The third-order valence-electron chi connectivity index (χ3n) is 3.26. The van der Waals surface area contributed by atoms with Crippen molar-refractivity contribution < 1.29 is 14.3 Å². The molecule has 0 heterocycles. The molecule has 0 spiro atoms. The van der Waals surface area contributed by atoms with Gasteiger partial charge < -0.3 is 14.8 Å². The third-order valence-corrected chi connectivity index (χ3v) is 3.26. The van der Waals surface area contributed by atoms with E-state index in [4.69, 9.17) is 14.7 Å². The molecule has 0 aliphatic rings. The van der Waals surface area contributed by atoms with Gasteiger partial charge in [0, 0.05) is 0 Å². The fourth-order valence-corrected chi connectivity index (χ4v) is 2.11. The van der Waals surface area contributed by atoms with E-state index in [1.165, 1.54) is 7.11 Å². The third kappa shape index (κ3) is 3.01. The van der Waals surface area contributed by atoms with E-state index in [1.54, 1.807) is 43.5 Å². The SMILES string of the molecule is COc1cc(C(=O)Nc2ccccc2C#N)c(OC)cc1C. The fourth-order valence-electron chi connectivity index (χ4n) is 2.11. The molecule has 0 aromatic heterocycles. The number of hydrogen-bond acceptors (Lipinski definition) is 4. The molecule has 0 saturated heterocycles. The monoisotopic (exact) mass is 296 g/mol. The van der Waals surface area contributed by atoms with Crippen molar-refractivity contribution in [2.45, 2.75) is 6.92 Å². The van der Waals surface area contributed by atoms with Gasteiger partial charge in [-0.1, -0.05) is 12.1 Å². The number of anilines is 1. The summed E-state index contributed by atoms with van der Waals surface area (Å²) in [6.07, 6.45) is 0. The number of ether oxygens (including phenoxy) is 2. The summed E-state index contributed by atoms with van der Waals surface area (Å²) in [6.45, 7) is 1.87. The molecule has 0 aliphatic carbocycles. The normalized spacial score (nSPS) is 9.73. The van der Waals surface area contributed by atoms with Crippen LogP contribution in [0.2, 0.25) is 0 Å². The molecule has 2 aromatic carbocycles. The van der Waals surface area contributed by atoms with Crippen LogP contribution in [0.3, 0.4) is 0 Å². The molecule has 22 heavy (non-hydrogen) atoms. The Morgan fingerprint density at radius 1 is 1.14 bits per heavy atom. The number of hydrogen-bond donors (Lipinski definition) is 1. The smallest absolute Gasteiger partial charge is 0.259 e. The van der Waals surface area contributed by atoms with Crippen LogP contribution in [0.25, 0.3) is 0 Å². The Balaban J connectivity index is 2.39. The van der Waals surface area contributed by atoms with Crippen LogP contribution in [0.1, 0.15) is 21.5 Å². The van der Waals surface area contributed by atoms with Crippen LogP contribution in [0, 0.1) is 18.3 Å². The maximum Gasteiger partial charge on any atom is 0.259 e. The van der Waals surface area contributed by atoms with Gasteiger partial charge in [-0.25, -0.2) is 0 Å². The maximum absolute atomic E-state index is 12.5. The molecule has 0 radical (unpaired) electrons. The Morgan fingerprint density at radius 2 is 1.82 bits per heavy atom. The Morgan fingerprint density at radius 3 is 2.45 bits per heavy atom. The van der Waals surface area contributed by atoms with Crippen LogP contribution in [-0.4, -0.2) is 20.1 Å². The van der Waals surface area contributed by atoms with E-state index in [2.05, 4.69) is 5.32 Å². The van der Waals surface area contributed by atoms with Gasteiger partial charge in [0.2, 0.25) is 0 Å². The number of nitrogens with zero attached hydrogens (tertiary/aromatic N) is 1. The quantitative estimate of drug-likeness (QED) is 0.941. The molecule has 0 unspecified atom stereocenters. The van der Waals surface area contributed by atoms with Gasteiger partial charge in [0.05, 0.1) is 31.0 Å². The Hall–Kier alpha value is -3.00. The first kappa shape index (κ1) is 15.4. The number of carbonyl (C=O) groups excluding carboxylic acids is 1. The molecule has 0 aliphatic heterocycles. The van der Waals surface area contributed by atoms with Crippen molar-refractivity contribution in [1.82, 2.24) is 0 Å². The number of benzene rings is 2. The number of para-hydroxylation sites is 1. The average molecular weight is 296 g/mol. The first-order valence-corrected chi connectivity index (χ1v) is 6.63. The van der Waals surface area contributed by atoms with Gasteiger partial charge in [0.1, 0.15) is 17.6 Å². The molecule has 0 atom stereocenters. The second-order valence-corrected chi connectivity index (χ2v) is 4.63. The minimum Gasteiger partial charge on any atom is -0.496 e. The van der Waals surface area contributed by atoms with Crippen LogP contribution < -0.4 is 14.8 Å². The predicted molar refractivity (Wildman–Crippen MR) is 83.4 cm³/mol. The largest absolute Gasteiger partial charge is 0.496 e. The highest BCUT2D eigenvalue weighted by Gasteiger charge is 2.16. The van der Waals surface area contributed by atoms with Gasteiger partial charge in [-0.15, -0.1) is 0 Å². The van der Waals surface area contributed by atoms with Crippen LogP contribution in [0.5, 0.6) is 11.5 Å². The van der Waals surface area contributed by atoms with E-state index >= 15 is 0 Å². The van der Waals surface area contributed by atoms with Gasteiger partial charge >= 0.3 is 0 Å². The van der Waals surface area contributed by atoms with E-state index in [0.717, 1.165) is 5.56 Å². The van der Waals surface area contributed by atoms with Gasteiger partial charge in [-0.05, 0) is 36.8 Å². The van der Waals surface area contributed by atoms with E-state index in [0.29, 0.717) is 28.3 Å². The molecule has 1 N–H and O–H groups in total. The number of nitrogens with one attached hydrogen (secondary N) is 1. The molecule has 0 fully saturated rings. The van der Waals surface area contributed by atoms with E-state index < -0.39 is 0 Å². The zero-order chi connectivity index (χ0) is 16.1. The zero-order valence-electron chi connectivity index (χ0n) is 12.6. The lowest BCUT2D eigenvalue weighted by Gasteiger charge is -2.13. The van der Waals surface area contributed by atoms with Gasteiger partial charge in [-0.2, -0.15) is 5.26 Å². The second kappa shape index (κ2) is 6.64. The van der Waals surface area contributed by atoms with Crippen molar-refractivity contribution in [2.24, 2.45) is 0 Å². The van der Waals surface area contributed by atoms with Crippen LogP contribution in [0.4, 0.5) is 5.69 Å². The molecule has 5 heteroatoms. The lowest BCUT2D eigenvalue weighted by Crippen LogP contribution is -2.14. The molecule has 2 rings (SSSR count). The van der Waals surface area contributed by atoms with Gasteiger partial charge in [0.15, 0.2) is 0 Å². The summed E-state index contributed by atoms with van der Waals surface area (Å²) in [5.74, 6) is 0.683. The van der Waals surface area contributed by atoms with Gasteiger partial charge in [0.25, 0.3) is 5.91 Å². The van der Waals surface area contributed by atoms with Crippen LogP contribution >= 0.6 is 0 Å². The van der Waals surface area contributed by atoms with Crippen molar-refractivity contribution in [1.29, 1.82) is 5.26 Å². The van der Waals surface area contributed by atoms with Crippen molar-refractivity contribution in [3.8, 4) is 17.6 Å². The zero-order valence-corrected chi connectivity index (χ0v) is 12.6. The van der Waals surface area contributed by atoms with E-state index in [-0.39, 0.29) is 5.91 Å². The molecule has 2 aromatic rings. The summed E-state index contributed by atoms with van der Waals surface area (Å²) in [5.41, 5.74) is 2.07.